The summed E-state index contributed by atoms with van der Waals surface area (Å²) in [5.74, 6) is 6.14. The van der Waals surface area contributed by atoms with Crippen molar-refractivity contribution in [2.45, 2.75) is 5.16 Å². The highest BCUT2D eigenvalue weighted by molar-refractivity contribution is 7.99. The van der Waals surface area contributed by atoms with Gasteiger partial charge in [-0.05, 0) is 12.1 Å². The fourth-order valence-electron chi connectivity index (χ4n) is 1.45. The normalized spacial score (nSPS) is 10.2. The molecule has 0 atom stereocenters. The van der Waals surface area contributed by atoms with E-state index < -0.39 is 11.9 Å². The molecular formula is C12H14N6O3S. The molecule has 0 fully saturated rings. The lowest BCUT2D eigenvalue weighted by Gasteiger charge is -2.04. The van der Waals surface area contributed by atoms with Gasteiger partial charge in [-0.3, -0.25) is 10.1 Å². The first-order chi connectivity index (χ1) is 10.6. The zero-order chi connectivity index (χ0) is 15.9. The van der Waals surface area contributed by atoms with Crippen molar-refractivity contribution < 1.29 is 14.0 Å². The number of imide groups is 1. The Morgan fingerprint density at radius 3 is 3.00 bits per heavy atom. The molecule has 0 saturated carbocycles. The SMILES string of the molecule is C=CCNC(=O)NC(=O)CSc1nnc(-c2ccco2)n1N. The first-order valence-corrected chi connectivity index (χ1v) is 7.16. The molecule has 0 aliphatic carbocycles. The largest absolute Gasteiger partial charge is 0.461 e. The molecule has 10 heteroatoms. The Balaban J connectivity index is 1.88. The van der Waals surface area contributed by atoms with E-state index >= 15 is 0 Å². The van der Waals surface area contributed by atoms with E-state index in [-0.39, 0.29) is 12.3 Å². The minimum absolute atomic E-state index is 0.0327. The van der Waals surface area contributed by atoms with E-state index in [9.17, 15) is 9.59 Å². The highest BCUT2D eigenvalue weighted by Crippen LogP contribution is 2.21. The minimum atomic E-state index is -0.587. The molecule has 2 rings (SSSR count). The highest BCUT2D eigenvalue weighted by atomic mass is 32.2. The molecule has 0 aliphatic heterocycles. The summed E-state index contributed by atoms with van der Waals surface area (Å²) in [6.45, 7) is 3.72. The van der Waals surface area contributed by atoms with Crippen LogP contribution in [-0.4, -0.2) is 39.1 Å². The molecule has 0 radical (unpaired) electrons. The lowest BCUT2D eigenvalue weighted by atomic mass is 10.4. The maximum Gasteiger partial charge on any atom is 0.321 e. The molecule has 22 heavy (non-hydrogen) atoms. The Morgan fingerprint density at radius 1 is 1.50 bits per heavy atom. The number of nitrogen functional groups attached to an aromatic ring is 1. The van der Waals surface area contributed by atoms with Gasteiger partial charge in [0.05, 0.1) is 12.0 Å². The summed E-state index contributed by atoms with van der Waals surface area (Å²) >= 11 is 1.05. The van der Waals surface area contributed by atoms with Crippen LogP contribution in [0.2, 0.25) is 0 Å². The molecule has 0 saturated heterocycles. The molecule has 3 amide bonds. The number of hydrogen-bond acceptors (Lipinski definition) is 7. The number of carbonyl (C=O) groups excluding carboxylic acids is 2. The smallest absolute Gasteiger partial charge is 0.321 e. The molecule has 2 heterocycles. The summed E-state index contributed by atoms with van der Waals surface area (Å²) < 4.78 is 6.39. The number of furan rings is 1. The maximum atomic E-state index is 11.6. The van der Waals surface area contributed by atoms with Crippen molar-refractivity contribution in [3.63, 3.8) is 0 Å². The first kappa shape index (κ1) is 15.6. The Labute approximate surface area is 129 Å². The average Bonchev–Trinajstić information content (AvgIpc) is 3.12. The third-order valence-electron chi connectivity index (χ3n) is 2.40. The van der Waals surface area contributed by atoms with Crippen LogP contribution in [-0.2, 0) is 4.79 Å². The lowest BCUT2D eigenvalue weighted by Crippen LogP contribution is -2.40. The standard InChI is InChI=1S/C12H14N6O3S/c1-2-5-14-11(20)15-9(19)7-22-12-17-16-10(18(12)13)8-4-3-6-21-8/h2-4,6H,1,5,7,13H2,(H2,14,15,19,20). The van der Waals surface area contributed by atoms with Gasteiger partial charge in [-0.1, -0.05) is 17.8 Å². The van der Waals surface area contributed by atoms with Crippen molar-refractivity contribution in [3.8, 4) is 11.6 Å². The van der Waals surface area contributed by atoms with Gasteiger partial charge in [0.15, 0.2) is 5.76 Å². The van der Waals surface area contributed by atoms with Crippen LogP contribution in [0, 0.1) is 0 Å². The van der Waals surface area contributed by atoms with Crippen molar-refractivity contribution in [3.05, 3.63) is 31.1 Å². The number of hydrogen-bond donors (Lipinski definition) is 3. The van der Waals surface area contributed by atoms with Gasteiger partial charge in [-0.25, -0.2) is 9.47 Å². The summed E-state index contributed by atoms with van der Waals surface area (Å²) in [6.07, 6.45) is 3.00. The fourth-order valence-corrected chi connectivity index (χ4v) is 2.11. The number of aromatic nitrogens is 3. The second-order valence-corrected chi connectivity index (χ2v) is 4.93. The number of nitrogens with two attached hydrogens (primary N) is 1. The number of carbonyl (C=O) groups is 2. The summed E-state index contributed by atoms with van der Waals surface area (Å²) in [5, 5.41) is 12.7. The summed E-state index contributed by atoms with van der Waals surface area (Å²) in [7, 11) is 0. The van der Waals surface area contributed by atoms with Crippen LogP contribution in [0.15, 0.2) is 40.6 Å². The lowest BCUT2D eigenvalue weighted by molar-refractivity contribution is -0.117. The average molecular weight is 322 g/mol. The maximum absolute atomic E-state index is 11.6. The number of amides is 3. The van der Waals surface area contributed by atoms with E-state index in [1.165, 1.54) is 17.0 Å². The van der Waals surface area contributed by atoms with Crippen LogP contribution in [0.5, 0.6) is 0 Å². The monoisotopic (exact) mass is 322 g/mol. The first-order valence-electron chi connectivity index (χ1n) is 6.17. The van der Waals surface area contributed by atoms with Gasteiger partial charge in [0.1, 0.15) is 0 Å². The number of urea groups is 1. The summed E-state index contributed by atoms with van der Waals surface area (Å²) in [6, 6.07) is 2.81. The van der Waals surface area contributed by atoms with Crippen molar-refractivity contribution in [1.29, 1.82) is 0 Å². The molecule has 4 N–H and O–H groups in total. The van der Waals surface area contributed by atoms with Gasteiger partial charge >= 0.3 is 6.03 Å². The Morgan fingerprint density at radius 2 is 2.32 bits per heavy atom. The third kappa shape index (κ3) is 3.88. The molecule has 0 unspecified atom stereocenters. The molecule has 2 aromatic heterocycles. The quantitative estimate of drug-likeness (QED) is 0.398. The van der Waals surface area contributed by atoms with Crippen LogP contribution in [0.25, 0.3) is 11.6 Å². The zero-order valence-electron chi connectivity index (χ0n) is 11.5. The number of rotatable bonds is 6. The predicted octanol–water partition coefficient (Wildman–Crippen LogP) is 0.356. The van der Waals surface area contributed by atoms with E-state index in [1.54, 1.807) is 12.1 Å². The van der Waals surface area contributed by atoms with Crippen molar-refractivity contribution in [2.24, 2.45) is 0 Å². The highest BCUT2D eigenvalue weighted by Gasteiger charge is 2.16. The minimum Gasteiger partial charge on any atom is -0.461 e. The summed E-state index contributed by atoms with van der Waals surface area (Å²) in [4.78, 5) is 22.9. The van der Waals surface area contributed by atoms with Gasteiger partial charge < -0.3 is 15.6 Å². The van der Waals surface area contributed by atoms with Gasteiger partial charge in [0.2, 0.25) is 16.9 Å². The molecule has 9 nitrogen and oxygen atoms in total. The van der Waals surface area contributed by atoms with Crippen LogP contribution in [0.3, 0.4) is 0 Å². The van der Waals surface area contributed by atoms with Gasteiger partial charge in [0.25, 0.3) is 0 Å². The number of thioether (sulfide) groups is 1. The van der Waals surface area contributed by atoms with Gasteiger partial charge in [0, 0.05) is 6.54 Å². The third-order valence-corrected chi connectivity index (χ3v) is 3.34. The van der Waals surface area contributed by atoms with E-state index in [4.69, 9.17) is 10.3 Å². The molecule has 0 aromatic carbocycles. The van der Waals surface area contributed by atoms with E-state index in [0.29, 0.717) is 16.7 Å². The number of nitrogens with zero attached hydrogens (tertiary/aromatic N) is 3. The molecular weight excluding hydrogens is 308 g/mol. The number of nitrogens with one attached hydrogen (secondary N) is 2. The van der Waals surface area contributed by atoms with E-state index in [1.807, 2.05) is 0 Å². The Bertz CT molecular complexity index is 666. The van der Waals surface area contributed by atoms with Crippen LogP contribution in [0.1, 0.15) is 0 Å². The van der Waals surface area contributed by atoms with Crippen molar-refractivity contribution in [2.75, 3.05) is 18.1 Å². The van der Waals surface area contributed by atoms with E-state index in [2.05, 4.69) is 27.4 Å². The molecule has 0 spiro atoms. The summed E-state index contributed by atoms with van der Waals surface area (Å²) in [5.41, 5.74) is 0. The van der Waals surface area contributed by atoms with Crippen LogP contribution < -0.4 is 16.5 Å². The molecule has 0 bridgehead atoms. The van der Waals surface area contributed by atoms with E-state index in [0.717, 1.165) is 11.8 Å². The van der Waals surface area contributed by atoms with Gasteiger partial charge in [-0.15, -0.1) is 16.8 Å². The van der Waals surface area contributed by atoms with Crippen LogP contribution in [0.4, 0.5) is 4.79 Å². The second kappa shape index (κ2) is 7.31. The zero-order valence-corrected chi connectivity index (χ0v) is 12.3. The predicted molar refractivity (Wildman–Crippen MR) is 80.3 cm³/mol. The Kier molecular flexibility index (Phi) is 5.20. The van der Waals surface area contributed by atoms with Crippen LogP contribution >= 0.6 is 11.8 Å². The Hall–Kier alpha value is -2.75. The fraction of sp³-hybridized carbons (Fsp3) is 0.167. The second-order valence-electron chi connectivity index (χ2n) is 3.99. The molecule has 0 aliphatic rings. The van der Waals surface area contributed by atoms with Gasteiger partial charge in [-0.2, -0.15) is 0 Å². The molecule has 2 aromatic rings. The van der Waals surface area contributed by atoms with Crippen molar-refractivity contribution >= 4 is 23.7 Å². The molecule has 116 valence electrons. The van der Waals surface area contributed by atoms with Crippen molar-refractivity contribution in [1.82, 2.24) is 25.5 Å². The topological polar surface area (TPSA) is 128 Å².